The highest BCUT2D eigenvalue weighted by Gasteiger charge is 2.03. The van der Waals surface area contributed by atoms with E-state index in [0.717, 1.165) is 18.1 Å². The quantitative estimate of drug-likeness (QED) is 0.759. The number of thioether (sulfide) groups is 1. The summed E-state index contributed by atoms with van der Waals surface area (Å²) in [7, 11) is 0. The van der Waals surface area contributed by atoms with Gasteiger partial charge in [0.25, 0.3) is 0 Å². The topological polar surface area (TPSA) is 24.9 Å². The minimum absolute atomic E-state index is 0.823. The van der Waals surface area contributed by atoms with Gasteiger partial charge in [-0.1, -0.05) is 43.3 Å². The van der Waals surface area contributed by atoms with Crippen LogP contribution < -0.4 is 5.32 Å². The van der Waals surface area contributed by atoms with Crippen LogP contribution in [-0.2, 0) is 12.3 Å². The fraction of sp³-hybridized carbons (Fsp3) is 0.312. The molecule has 19 heavy (non-hydrogen) atoms. The normalized spacial score (nSPS) is 10.4. The van der Waals surface area contributed by atoms with Crippen molar-refractivity contribution in [2.24, 2.45) is 0 Å². The van der Waals surface area contributed by atoms with Crippen LogP contribution in [0.3, 0.4) is 0 Å². The van der Waals surface area contributed by atoms with E-state index in [0.29, 0.717) is 0 Å². The maximum absolute atomic E-state index is 4.45. The number of nitrogens with one attached hydrogen (secondary N) is 1. The highest BCUT2D eigenvalue weighted by atomic mass is 32.2. The number of anilines is 1. The van der Waals surface area contributed by atoms with Crippen LogP contribution in [0.1, 0.15) is 24.5 Å². The van der Waals surface area contributed by atoms with Gasteiger partial charge in [0.05, 0.1) is 0 Å². The predicted molar refractivity (Wildman–Crippen MR) is 84.5 cm³/mol. The molecule has 0 saturated heterocycles. The first-order valence-electron chi connectivity index (χ1n) is 6.69. The first-order chi connectivity index (χ1) is 9.40. The Bertz CT molecular complexity index is 485. The molecule has 0 amide bonds. The van der Waals surface area contributed by atoms with Crippen LogP contribution in [0.25, 0.3) is 0 Å². The van der Waals surface area contributed by atoms with Crippen molar-refractivity contribution in [2.45, 2.75) is 25.6 Å². The van der Waals surface area contributed by atoms with Crippen molar-refractivity contribution in [1.82, 2.24) is 4.98 Å². The van der Waals surface area contributed by atoms with E-state index in [4.69, 9.17) is 0 Å². The number of hydrogen-bond acceptors (Lipinski definition) is 3. The standard InChI is InChI=1S/C16H20N2S/c1-2-11-19-13-15-9-6-10-17-16(15)18-12-14-7-4-3-5-8-14/h3-10H,2,11-13H2,1H3,(H,17,18). The lowest BCUT2D eigenvalue weighted by Gasteiger charge is -2.10. The van der Waals surface area contributed by atoms with Gasteiger partial charge in [0, 0.05) is 24.1 Å². The molecule has 1 aromatic heterocycles. The van der Waals surface area contributed by atoms with Gasteiger partial charge >= 0.3 is 0 Å². The summed E-state index contributed by atoms with van der Waals surface area (Å²) < 4.78 is 0. The molecular formula is C16H20N2S. The lowest BCUT2D eigenvalue weighted by Crippen LogP contribution is -2.04. The number of benzene rings is 1. The Balaban J connectivity index is 1.95. The van der Waals surface area contributed by atoms with Crippen LogP contribution in [0.15, 0.2) is 48.7 Å². The molecule has 2 rings (SSSR count). The van der Waals surface area contributed by atoms with Crippen LogP contribution >= 0.6 is 11.8 Å². The van der Waals surface area contributed by atoms with Crippen LogP contribution in [-0.4, -0.2) is 10.7 Å². The fourth-order valence-electron chi connectivity index (χ4n) is 1.82. The Morgan fingerprint density at radius 2 is 1.95 bits per heavy atom. The summed E-state index contributed by atoms with van der Waals surface area (Å²) in [5, 5.41) is 3.43. The van der Waals surface area contributed by atoms with Crippen molar-refractivity contribution in [3.63, 3.8) is 0 Å². The van der Waals surface area contributed by atoms with Gasteiger partial charge in [-0.3, -0.25) is 0 Å². The fourth-order valence-corrected chi connectivity index (χ4v) is 2.71. The first-order valence-corrected chi connectivity index (χ1v) is 7.85. The molecule has 0 atom stereocenters. The summed E-state index contributed by atoms with van der Waals surface area (Å²) in [4.78, 5) is 4.45. The molecule has 0 saturated carbocycles. The van der Waals surface area contributed by atoms with E-state index in [1.54, 1.807) is 0 Å². The largest absolute Gasteiger partial charge is 0.366 e. The molecule has 1 N–H and O–H groups in total. The Labute approximate surface area is 119 Å². The van der Waals surface area contributed by atoms with Crippen molar-refractivity contribution in [1.29, 1.82) is 0 Å². The van der Waals surface area contributed by atoms with E-state index in [1.165, 1.54) is 23.3 Å². The molecule has 1 aromatic carbocycles. The summed E-state index contributed by atoms with van der Waals surface area (Å²) in [6.07, 6.45) is 3.07. The summed E-state index contributed by atoms with van der Waals surface area (Å²) in [5.74, 6) is 3.24. The molecular weight excluding hydrogens is 252 g/mol. The van der Waals surface area contributed by atoms with Crippen LogP contribution in [0.2, 0.25) is 0 Å². The molecule has 0 radical (unpaired) electrons. The van der Waals surface area contributed by atoms with Crippen LogP contribution in [0, 0.1) is 0 Å². The van der Waals surface area contributed by atoms with E-state index in [2.05, 4.69) is 47.6 Å². The van der Waals surface area contributed by atoms with E-state index in [-0.39, 0.29) is 0 Å². The molecule has 2 aromatic rings. The molecule has 0 unspecified atom stereocenters. The third-order valence-corrected chi connectivity index (χ3v) is 4.01. The smallest absolute Gasteiger partial charge is 0.130 e. The Morgan fingerprint density at radius 1 is 1.11 bits per heavy atom. The SMILES string of the molecule is CCCSCc1cccnc1NCc1ccccc1. The molecule has 2 nitrogen and oxygen atoms in total. The van der Waals surface area contributed by atoms with Gasteiger partial charge < -0.3 is 5.32 Å². The number of rotatable bonds is 7. The summed E-state index contributed by atoms with van der Waals surface area (Å²) in [6, 6.07) is 14.6. The second kappa shape index (κ2) is 7.85. The zero-order chi connectivity index (χ0) is 13.3. The predicted octanol–water partition coefficient (Wildman–Crippen LogP) is 4.34. The summed E-state index contributed by atoms with van der Waals surface area (Å²) in [6.45, 7) is 3.04. The number of aromatic nitrogens is 1. The maximum Gasteiger partial charge on any atom is 0.130 e. The second-order valence-electron chi connectivity index (χ2n) is 4.40. The van der Waals surface area contributed by atoms with Crippen molar-refractivity contribution < 1.29 is 0 Å². The molecule has 0 fully saturated rings. The minimum atomic E-state index is 0.823. The molecule has 100 valence electrons. The van der Waals surface area contributed by atoms with Crippen molar-refractivity contribution >= 4 is 17.6 Å². The van der Waals surface area contributed by atoms with Crippen molar-refractivity contribution in [2.75, 3.05) is 11.1 Å². The van der Waals surface area contributed by atoms with E-state index in [1.807, 2.05) is 30.1 Å². The van der Waals surface area contributed by atoms with E-state index >= 15 is 0 Å². The number of hydrogen-bond donors (Lipinski definition) is 1. The summed E-state index contributed by atoms with van der Waals surface area (Å²) >= 11 is 1.96. The number of nitrogens with zero attached hydrogens (tertiary/aromatic N) is 1. The summed E-state index contributed by atoms with van der Waals surface area (Å²) in [5.41, 5.74) is 2.57. The van der Waals surface area contributed by atoms with Gasteiger partial charge in [0.2, 0.25) is 0 Å². The maximum atomic E-state index is 4.45. The monoisotopic (exact) mass is 272 g/mol. The molecule has 0 spiro atoms. The minimum Gasteiger partial charge on any atom is -0.366 e. The molecule has 1 heterocycles. The van der Waals surface area contributed by atoms with Gasteiger partial charge in [-0.05, 0) is 23.8 Å². The molecule has 0 aliphatic heterocycles. The second-order valence-corrected chi connectivity index (χ2v) is 5.51. The highest BCUT2D eigenvalue weighted by molar-refractivity contribution is 7.98. The lowest BCUT2D eigenvalue weighted by molar-refractivity contribution is 1.09. The average Bonchev–Trinajstić information content (AvgIpc) is 2.48. The average molecular weight is 272 g/mol. The molecule has 0 aliphatic rings. The third kappa shape index (κ3) is 4.60. The van der Waals surface area contributed by atoms with Gasteiger partial charge in [-0.15, -0.1) is 0 Å². The van der Waals surface area contributed by atoms with Crippen molar-refractivity contribution in [3.8, 4) is 0 Å². The molecule has 0 aliphatic carbocycles. The van der Waals surface area contributed by atoms with Gasteiger partial charge in [-0.2, -0.15) is 11.8 Å². The van der Waals surface area contributed by atoms with Crippen LogP contribution in [0.5, 0.6) is 0 Å². The van der Waals surface area contributed by atoms with Crippen LogP contribution in [0.4, 0.5) is 5.82 Å². The van der Waals surface area contributed by atoms with Gasteiger partial charge in [-0.25, -0.2) is 4.98 Å². The van der Waals surface area contributed by atoms with Crippen molar-refractivity contribution in [3.05, 3.63) is 59.8 Å². The Morgan fingerprint density at radius 3 is 2.74 bits per heavy atom. The zero-order valence-corrected chi connectivity index (χ0v) is 12.1. The van der Waals surface area contributed by atoms with Gasteiger partial charge in [0.15, 0.2) is 0 Å². The Kier molecular flexibility index (Phi) is 5.76. The number of pyridine rings is 1. The highest BCUT2D eigenvalue weighted by Crippen LogP contribution is 2.19. The van der Waals surface area contributed by atoms with E-state index in [9.17, 15) is 0 Å². The lowest BCUT2D eigenvalue weighted by atomic mass is 10.2. The molecule has 3 heteroatoms. The molecule has 0 bridgehead atoms. The third-order valence-electron chi connectivity index (χ3n) is 2.80. The first kappa shape index (κ1) is 13.9. The van der Waals surface area contributed by atoms with Gasteiger partial charge in [0.1, 0.15) is 5.82 Å². The van der Waals surface area contributed by atoms with E-state index < -0.39 is 0 Å². The zero-order valence-electron chi connectivity index (χ0n) is 11.3. The Hall–Kier alpha value is -1.48.